The number of benzene rings is 2. The van der Waals surface area contributed by atoms with Crippen LogP contribution in [0.5, 0.6) is 0 Å². The zero-order valence-corrected chi connectivity index (χ0v) is 17.4. The average Bonchev–Trinajstić information content (AvgIpc) is 3.35. The number of aliphatic hydroxyl groups is 1. The van der Waals surface area contributed by atoms with E-state index in [2.05, 4.69) is 20.4 Å². The summed E-state index contributed by atoms with van der Waals surface area (Å²) in [5, 5.41) is 21.4. The van der Waals surface area contributed by atoms with Gasteiger partial charge in [0.15, 0.2) is 5.76 Å². The Balaban J connectivity index is 1.54. The van der Waals surface area contributed by atoms with Crippen LogP contribution >= 0.6 is 11.6 Å². The van der Waals surface area contributed by atoms with E-state index in [0.717, 1.165) is 43.1 Å². The average molecular weight is 439 g/mol. The van der Waals surface area contributed by atoms with Crippen molar-refractivity contribution in [1.82, 2.24) is 10.2 Å². The number of amides is 1. The van der Waals surface area contributed by atoms with Crippen LogP contribution in [0.25, 0.3) is 22.5 Å². The van der Waals surface area contributed by atoms with Crippen molar-refractivity contribution in [3.63, 3.8) is 0 Å². The number of nitrogens with one attached hydrogen (secondary N) is 1. The maximum Gasteiger partial charge on any atom is 0.283 e. The SMILES string of the molecule is Cc1nnc(/C(O)=C2\C(=O)Nc3cc(Cl)c(-c4ccc(N5CCOCC5)cc4)cc32)o1. The summed E-state index contributed by atoms with van der Waals surface area (Å²) in [6, 6.07) is 11.5. The quantitative estimate of drug-likeness (QED) is 0.472. The molecular weight excluding hydrogens is 420 g/mol. The molecular formula is C22H19ClN4O4. The van der Waals surface area contributed by atoms with Gasteiger partial charge >= 0.3 is 0 Å². The van der Waals surface area contributed by atoms with Gasteiger partial charge in [0.2, 0.25) is 5.89 Å². The summed E-state index contributed by atoms with van der Waals surface area (Å²) in [4.78, 5) is 14.8. The number of aryl methyl sites for hydroxylation is 1. The standard InChI is InChI=1S/C22H19ClN4O4/c1-12-25-26-22(31-12)20(28)19-16-10-15(17(23)11-18(16)24-21(19)29)13-2-4-14(5-3-13)27-6-8-30-9-7-27/h2-5,10-11,28H,6-9H2,1H3,(H,24,29)/b20-19+. The van der Waals surface area contributed by atoms with Gasteiger partial charge in [-0.15, -0.1) is 10.2 Å². The van der Waals surface area contributed by atoms with Crippen LogP contribution in [-0.4, -0.2) is 47.5 Å². The number of anilines is 2. The first-order valence-corrected chi connectivity index (χ1v) is 10.2. The molecule has 0 bridgehead atoms. The Morgan fingerprint density at radius 1 is 1.13 bits per heavy atom. The fraction of sp³-hybridized carbons (Fsp3) is 0.227. The number of nitrogens with zero attached hydrogens (tertiary/aromatic N) is 3. The van der Waals surface area contributed by atoms with Gasteiger partial charge in [-0.05, 0) is 29.8 Å². The molecule has 0 saturated carbocycles. The molecule has 3 heterocycles. The third kappa shape index (κ3) is 3.54. The second kappa shape index (κ2) is 7.72. The third-order valence-corrected chi connectivity index (χ3v) is 5.68. The fourth-order valence-corrected chi connectivity index (χ4v) is 4.09. The maximum absolute atomic E-state index is 12.6. The summed E-state index contributed by atoms with van der Waals surface area (Å²) >= 11 is 6.53. The Kier molecular flexibility index (Phi) is 4.88. The van der Waals surface area contributed by atoms with Crippen molar-refractivity contribution < 1.29 is 19.1 Å². The normalized spacial score (nSPS) is 17.5. The van der Waals surface area contributed by atoms with E-state index in [9.17, 15) is 9.90 Å². The molecule has 1 amide bonds. The molecule has 9 heteroatoms. The summed E-state index contributed by atoms with van der Waals surface area (Å²) < 4.78 is 10.7. The first kappa shape index (κ1) is 19.6. The molecule has 0 atom stereocenters. The van der Waals surface area contributed by atoms with Gasteiger partial charge < -0.3 is 24.5 Å². The second-order valence-corrected chi connectivity index (χ2v) is 7.74. The highest BCUT2D eigenvalue weighted by atomic mass is 35.5. The van der Waals surface area contributed by atoms with Crippen LogP contribution in [-0.2, 0) is 9.53 Å². The van der Waals surface area contributed by atoms with Crippen LogP contribution in [0.2, 0.25) is 5.02 Å². The number of carbonyl (C=O) groups excluding carboxylic acids is 1. The molecule has 158 valence electrons. The van der Waals surface area contributed by atoms with Crippen molar-refractivity contribution in [2.45, 2.75) is 6.92 Å². The topological polar surface area (TPSA) is 101 Å². The molecule has 1 fully saturated rings. The number of halogens is 1. The van der Waals surface area contributed by atoms with Gasteiger partial charge in [0.1, 0.15) is 0 Å². The molecule has 5 rings (SSSR count). The summed E-state index contributed by atoms with van der Waals surface area (Å²) in [7, 11) is 0. The summed E-state index contributed by atoms with van der Waals surface area (Å²) in [6.45, 7) is 4.76. The highest BCUT2D eigenvalue weighted by Gasteiger charge is 2.31. The Hall–Kier alpha value is -3.36. The molecule has 2 aliphatic heterocycles. The zero-order chi connectivity index (χ0) is 21.5. The second-order valence-electron chi connectivity index (χ2n) is 7.33. The van der Waals surface area contributed by atoms with Crippen LogP contribution in [0.3, 0.4) is 0 Å². The fourth-order valence-electron chi connectivity index (χ4n) is 3.82. The van der Waals surface area contributed by atoms with Gasteiger partial charge in [-0.2, -0.15) is 0 Å². The molecule has 31 heavy (non-hydrogen) atoms. The van der Waals surface area contributed by atoms with Crippen molar-refractivity contribution in [3.8, 4) is 11.1 Å². The van der Waals surface area contributed by atoms with Crippen molar-refractivity contribution in [2.75, 3.05) is 36.5 Å². The minimum atomic E-state index is -0.459. The van der Waals surface area contributed by atoms with Gasteiger partial charge in [-0.25, -0.2) is 0 Å². The maximum atomic E-state index is 12.6. The van der Waals surface area contributed by atoms with E-state index in [-0.39, 0.29) is 23.1 Å². The lowest BCUT2D eigenvalue weighted by Gasteiger charge is -2.29. The zero-order valence-electron chi connectivity index (χ0n) is 16.7. The highest BCUT2D eigenvalue weighted by molar-refractivity contribution is 6.38. The number of aromatic nitrogens is 2. The smallest absolute Gasteiger partial charge is 0.283 e. The largest absolute Gasteiger partial charge is 0.502 e. The van der Waals surface area contributed by atoms with Crippen molar-refractivity contribution >= 4 is 40.2 Å². The summed E-state index contributed by atoms with van der Waals surface area (Å²) in [6.07, 6.45) is 0. The molecule has 2 aromatic carbocycles. The van der Waals surface area contributed by atoms with E-state index in [4.69, 9.17) is 20.8 Å². The van der Waals surface area contributed by atoms with Crippen LogP contribution < -0.4 is 10.2 Å². The highest BCUT2D eigenvalue weighted by Crippen LogP contribution is 2.42. The minimum absolute atomic E-state index is 0.0708. The predicted octanol–water partition coefficient (Wildman–Crippen LogP) is 3.91. The van der Waals surface area contributed by atoms with E-state index in [1.165, 1.54) is 0 Å². The molecule has 8 nitrogen and oxygen atoms in total. The van der Waals surface area contributed by atoms with Gasteiger partial charge in [0, 0.05) is 36.8 Å². The van der Waals surface area contributed by atoms with Gasteiger partial charge in [-0.3, -0.25) is 4.79 Å². The summed E-state index contributed by atoms with van der Waals surface area (Å²) in [5.74, 6) is -0.646. The minimum Gasteiger partial charge on any atom is -0.502 e. The van der Waals surface area contributed by atoms with Crippen LogP contribution in [0.1, 0.15) is 17.3 Å². The number of morpholine rings is 1. The lowest BCUT2D eigenvalue weighted by atomic mass is 9.98. The van der Waals surface area contributed by atoms with E-state index in [1.54, 1.807) is 19.1 Å². The number of fused-ring (bicyclic) bond motifs is 1. The van der Waals surface area contributed by atoms with Crippen LogP contribution in [0.15, 0.2) is 40.8 Å². The lowest BCUT2D eigenvalue weighted by molar-refractivity contribution is -0.110. The number of hydrogen-bond acceptors (Lipinski definition) is 7. The molecule has 0 unspecified atom stereocenters. The number of hydrogen-bond donors (Lipinski definition) is 2. The van der Waals surface area contributed by atoms with Crippen LogP contribution in [0, 0.1) is 6.92 Å². The molecule has 0 spiro atoms. The molecule has 3 aromatic rings. The van der Waals surface area contributed by atoms with Gasteiger partial charge in [-0.1, -0.05) is 23.7 Å². The van der Waals surface area contributed by atoms with Crippen molar-refractivity contribution in [2.24, 2.45) is 0 Å². The molecule has 0 radical (unpaired) electrons. The Morgan fingerprint density at radius 2 is 1.87 bits per heavy atom. The molecule has 2 N–H and O–H groups in total. The molecule has 0 aliphatic carbocycles. The molecule has 2 aliphatic rings. The van der Waals surface area contributed by atoms with Crippen molar-refractivity contribution in [3.05, 3.63) is 58.8 Å². The van der Waals surface area contributed by atoms with Gasteiger partial charge in [0.05, 0.1) is 29.5 Å². The van der Waals surface area contributed by atoms with Crippen molar-refractivity contribution in [1.29, 1.82) is 0 Å². The lowest BCUT2D eigenvalue weighted by Crippen LogP contribution is -2.36. The predicted molar refractivity (Wildman–Crippen MR) is 117 cm³/mol. The number of aliphatic hydroxyl groups excluding tert-OH is 1. The summed E-state index contributed by atoms with van der Waals surface area (Å²) in [5.41, 5.74) is 3.87. The number of rotatable bonds is 3. The number of ether oxygens (including phenoxy) is 1. The first-order valence-electron chi connectivity index (χ1n) is 9.83. The van der Waals surface area contributed by atoms with E-state index < -0.39 is 5.91 Å². The first-order chi connectivity index (χ1) is 15.0. The molecule has 1 saturated heterocycles. The van der Waals surface area contributed by atoms with E-state index in [0.29, 0.717) is 16.3 Å². The Bertz CT molecular complexity index is 1200. The van der Waals surface area contributed by atoms with Gasteiger partial charge in [0.25, 0.3) is 11.8 Å². The van der Waals surface area contributed by atoms with E-state index in [1.807, 2.05) is 24.3 Å². The molecule has 1 aromatic heterocycles. The van der Waals surface area contributed by atoms with Crippen LogP contribution in [0.4, 0.5) is 11.4 Å². The number of carbonyl (C=O) groups is 1. The monoisotopic (exact) mass is 438 g/mol. The third-order valence-electron chi connectivity index (χ3n) is 5.37. The van der Waals surface area contributed by atoms with E-state index >= 15 is 0 Å². The Morgan fingerprint density at radius 3 is 2.55 bits per heavy atom. The Labute approximate surface area is 183 Å².